The predicted octanol–water partition coefficient (Wildman–Crippen LogP) is 2.99. The van der Waals surface area contributed by atoms with Gasteiger partial charge in [-0.1, -0.05) is 6.07 Å². The van der Waals surface area contributed by atoms with Crippen LogP contribution in [0.2, 0.25) is 0 Å². The van der Waals surface area contributed by atoms with Gasteiger partial charge in [-0.05, 0) is 26.0 Å². The first kappa shape index (κ1) is 16.7. The van der Waals surface area contributed by atoms with Gasteiger partial charge in [-0.25, -0.2) is 0 Å². The molecule has 7 heteroatoms. The van der Waals surface area contributed by atoms with Crippen LogP contribution in [0.1, 0.15) is 20.3 Å². The molecule has 0 aliphatic carbocycles. The quantitative estimate of drug-likeness (QED) is 0.721. The molecular weight excluding hydrogens is 281 g/mol. The molecule has 0 heterocycles. The molecule has 1 amide bonds. The minimum atomic E-state index is -3.20. The van der Waals surface area contributed by atoms with Gasteiger partial charge >= 0.3 is 7.60 Å². The number of carbonyl (C=O) groups excluding carboxylic acids is 1. The van der Waals surface area contributed by atoms with Gasteiger partial charge in [0.15, 0.2) is 0 Å². The number of phenols is 1. The summed E-state index contributed by atoms with van der Waals surface area (Å²) >= 11 is 0. The van der Waals surface area contributed by atoms with Gasteiger partial charge in [-0.2, -0.15) is 0 Å². The van der Waals surface area contributed by atoms with Gasteiger partial charge in [0.05, 0.1) is 19.4 Å². The van der Waals surface area contributed by atoms with E-state index in [0.717, 1.165) is 0 Å². The van der Waals surface area contributed by atoms with E-state index in [9.17, 15) is 14.5 Å². The lowest BCUT2D eigenvalue weighted by molar-refractivity contribution is -0.115. The van der Waals surface area contributed by atoms with Crippen molar-refractivity contribution in [2.75, 3.05) is 24.7 Å². The van der Waals surface area contributed by atoms with E-state index in [1.807, 2.05) is 0 Å². The molecule has 20 heavy (non-hydrogen) atoms. The lowest BCUT2D eigenvalue weighted by atomic mass is 10.3. The number of aromatic hydroxyl groups is 1. The van der Waals surface area contributed by atoms with Gasteiger partial charge in [0, 0.05) is 18.2 Å². The fourth-order valence-electron chi connectivity index (χ4n) is 1.61. The molecule has 0 aromatic heterocycles. The molecule has 0 bridgehead atoms. The summed E-state index contributed by atoms with van der Waals surface area (Å²) in [6.45, 7) is 3.98. The van der Waals surface area contributed by atoms with Gasteiger partial charge < -0.3 is 19.5 Å². The molecule has 0 unspecified atom stereocenters. The second kappa shape index (κ2) is 8.04. The standard InChI is InChI=1S/C13H20NO5P/c1-3-18-20(17,19-4-2)9-8-13(16)14-11-6-5-7-12(15)10-11/h5-7,10,15H,3-4,8-9H2,1-2H3,(H,14,16). The highest BCUT2D eigenvalue weighted by molar-refractivity contribution is 7.53. The van der Waals surface area contributed by atoms with Crippen LogP contribution < -0.4 is 5.32 Å². The molecule has 0 saturated carbocycles. The Hall–Kier alpha value is -1.36. The number of benzene rings is 1. The largest absolute Gasteiger partial charge is 0.508 e. The van der Waals surface area contributed by atoms with Crippen molar-refractivity contribution in [3.8, 4) is 5.75 Å². The number of rotatable bonds is 8. The highest BCUT2D eigenvalue weighted by Gasteiger charge is 2.24. The number of nitrogens with one attached hydrogen (secondary N) is 1. The Labute approximate surface area is 118 Å². The van der Waals surface area contributed by atoms with Crippen molar-refractivity contribution < 1.29 is 23.5 Å². The highest BCUT2D eigenvalue weighted by atomic mass is 31.2. The fourth-order valence-corrected chi connectivity index (χ4v) is 3.20. The summed E-state index contributed by atoms with van der Waals surface area (Å²) in [6.07, 6.45) is 0.0479. The summed E-state index contributed by atoms with van der Waals surface area (Å²) in [4.78, 5) is 11.8. The SMILES string of the molecule is CCOP(=O)(CCC(=O)Nc1cccc(O)c1)OCC. The van der Waals surface area contributed by atoms with Gasteiger partial charge in [-0.15, -0.1) is 0 Å². The van der Waals surface area contributed by atoms with E-state index in [4.69, 9.17) is 9.05 Å². The van der Waals surface area contributed by atoms with Crippen molar-refractivity contribution in [2.45, 2.75) is 20.3 Å². The molecule has 1 aromatic rings. The monoisotopic (exact) mass is 301 g/mol. The molecule has 0 radical (unpaired) electrons. The summed E-state index contributed by atoms with van der Waals surface area (Å²) in [5.74, 6) is -0.243. The van der Waals surface area contributed by atoms with Crippen LogP contribution in [0, 0.1) is 0 Å². The predicted molar refractivity (Wildman–Crippen MR) is 77.1 cm³/mol. The summed E-state index contributed by atoms with van der Waals surface area (Å²) in [5, 5.41) is 11.9. The van der Waals surface area contributed by atoms with E-state index < -0.39 is 7.60 Å². The van der Waals surface area contributed by atoms with Crippen LogP contribution >= 0.6 is 7.60 Å². The minimum Gasteiger partial charge on any atom is -0.508 e. The van der Waals surface area contributed by atoms with E-state index >= 15 is 0 Å². The van der Waals surface area contributed by atoms with Crippen molar-refractivity contribution >= 4 is 19.2 Å². The number of anilines is 1. The zero-order chi connectivity index (χ0) is 15.0. The minimum absolute atomic E-state index is 0.0208. The van der Waals surface area contributed by atoms with E-state index in [-0.39, 0.29) is 37.5 Å². The molecule has 0 aliphatic rings. The van der Waals surface area contributed by atoms with Crippen LogP contribution in [0.5, 0.6) is 5.75 Å². The lowest BCUT2D eigenvalue weighted by Crippen LogP contribution is -2.14. The van der Waals surface area contributed by atoms with Crippen LogP contribution in [0.3, 0.4) is 0 Å². The normalized spacial score (nSPS) is 11.3. The molecule has 1 aromatic carbocycles. The van der Waals surface area contributed by atoms with Crippen molar-refractivity contribution in [3.63, 3.8) is 0 Å². The Kier molecular flexibility index (Phi) is 6.71. The third kappa shape index (κ3) is 5.74. The highest BCUT2D eigenvalue weighted by Crippen LogP contribution is 2.48. The van der Waals surface area contributed by atoms with Crippen molar-refractivity contribution in [2.24, 2.45) is 0 Å². The average molecular weight is 301 g/mol. The number of amides is 1. The van der Waals surface area contributed by atoms with Crippen LogP contribution in [-0.4, -0.2) is 30.4 Å². The Balaban J connectivity index is 2.51. The number of hydrogen-bond donors (Lipinski definition) is 2. The second-order valence-electron chi connectivity index (χ2n) is 4.02. The first-order valence-corrected chi connectivity index (χ1v) is 8.19. The molecule has 1 rings (SSSR count). The van der Waals surface area contributed by atoms with Gasteiger partial charge in [-0.3, -0.25) is 9.36 Å². The Bertz CT molecular complexity index is 481. The summed E-state index contributed by atoms with van der Waals surface area (Å²) in [7, 11) is -3.20. The van der Waals surface area contributed by atoms with Crippen LogP contribution in [0.4, 0.5) is 5.69 Å². The first-order valence-electron chi connectivity index (χ1n) is 6.46. The van der Waals surface area contributed by atoms with Crippen molar-refractivity contribution in [1.82, 2.24) is 0 Å². The molecule has 0 saturated heterocycles. The topological polar surface area (TPSA) is 84.9 Å². The van der Waals surface area contributed by atoms with Gasteiger partial charge in [0.2, 0.25) is 5.91 Å². The van der Waals surface area contributed by atoms with E-state index in [1.165, 1.54) is 12.1 Å². The number of hydrogen-bond acceptors (Lipinski definition) is 5. The van der Waals surface area contributed by atoms with Crippen LogP contribution in [0.15, 0.2) is 24.3 Å². The van der Waals surface area contributed by atoms with Crippen LogP contribution in [0.25, 0.3) is 0 Å². The van der Waals surface area contributed by atoms with E-state index in [1.54, 1.807) is 26.0 Å². The smallest absolute Gasteiger partial charge is 0.331 e. The Morgan fingerprint density at radius 2 is 1.95 bits per heavy atom. The van der Waals surface area contributed by atoms with Gasteiger partial charge in [0.1, 0.15) is 5.75 Å². The summed E-state index contributed by atoms with van der Waals surface area (Å²) in [5.41, 5.74) is 0.484. The maximum Gasteiger partial charge on any atom is 0.331 e. The van der Waals surface area contributed by atoms with E-state index in [2.05, 4.69) is 5.32 Å². The van der Waals surface area contributed by atoms with E-state index in [0.29, 0.717) is 5.69 Å². The molecule has 112 valence electrons. The zero-order valence-electron chi connectivity index (χ0n) is 11.7. The number of phenolic OH excluding ortho intramolecular Hbond substituents is 1. The molecular formula is C13H20NO5P. The summed E-state index contributed by atoms with van der Waals surface area (Å²) < 4.78 is 22.4. The zero-order valence-corrected chi connectivity index (χ0v) is 12.6. The average Bonchev–Trinajstić information content (AvgIpc) is 2.37. The molecule has 0 aliphatic heterocycles. The second-order valence-corrected chi connectivity index (χ2v) is 6.20. The summed E-state index contributed by atoms with van der Waals surface area (Å²) in [6, 6.07) is 6.22. The Morgan fingerprint density at radius 3 is 2.50 bits per heavy atom. The molecule has 6 nitrogen and oxygen atoms in total. The maximum absolute atomic E-state index is 12.2. The third-order valence-corrected chi connectivity index (χ3v) is 4.47. The lowest BCUT2D eigenvalue weighted by Gasteiger charge is -2.16. The first-order chi connectivity index (χ1) is 9.49. The fraction of sp³-hybridized carbons (Fsp3) is 0.462. The van der Waals surface area contributed by atoms with Crippen LogP contribution in [-0.2, 0) is 18.4 Å². The maximum atomic E-state index is 12.2. The number of carbonyl (C=O) groups is 1. The molecule has 0 fully saturated rings. The van der Waals surface area contributed by atoms with Gasteiger partial charge in [0.25, 0.3) is 0 Å². The molecule has 2 N–H and O–H groups in total. The van der Waals surface area contributed by atoms with Crippen molar-refractivity contribution in [1.29, 1.82) is 0 Å². The molecule has 0 spiro atoms. The third-order valence-electron chi connectivity index (χ3n) is 2.39. The Morgan fingerprint density at radius 1 is 1.30 bits per heavy atom. The van der Waals surface area contributed by atoms with Crippen molar-refractivity contribution in [3.05, 3.63) is 24.3 Å². The molecule has 0 atom stereocenters.